The zero-order valence-corrected chi connectivity index (χ0v) is 10.7. The van der Waals surface area contributed by atoms with E-state index in [1.165, 1.54) is 0 Å². The maximum atomic E-state index is 11.8. The van der Waals surface area contributed by atoms with Crippen LogP contribution in [-0.2, 0) is 10.0 Å². The number of carboxylic acid groups (broad SMARTS) is 1. The molecule has 1 aromatic heterocycles. The molecule has 1 aromatic rings. The van der Waals surface area contributed by atoms with E-state index in [0.29, 0.717) is 4.88 Å². The number of nitrogens with one attached hydrogen (secondary N) is 1. The lowest BCUT2D eigenvalue weighted by atomic mass is 10.4. The summed E-state index contributed by atoms with van der Waals surface area (Å²) in [5.41, 5.74) is 0. The summed E-state index contributed by atoms with van der Waals surface area (Å²) in [5, 5.41) is 8.77. The number of terminal acetylenes is 1. The predicted octanol–water partition coefficient (Wildman–Crippen LogP) is 1.06. The van der Waals surface area contributed by atoms with Crippen LogP contribution in [0.1, 0.15) is 21.0 Å². The molecule has 0 aromatic carbocycles. The molecule has 5 nitrogen and oxygen atoms in total. The molecule has 17 heavy (non-hydrogen) atoms. The Labute approximate surface area is 104 Å². The highest BCUT2D eigenvalue weighted by atomic mass is 32.2. The Kier molecular flexibility index (Phi) is 4.28. The standard InChI is InChI=1S/C10H11NO4S2/c1-3-4-5-11-17(14,15)9-6-8(10(12)13)16-7(9)2/h1,6,11H,4-5H2,2H3,(H,12,13). The number of sulfonamides is 1. The number of rotatable bonds is 5. The van der Waals surface area contributed by atoms with Gasteiger partial charge in [0.2, 0.25) is 10.0 Å². The second-order valence-corrected chi connectivity index (χ2v) is 6.18. The molecular weight excluding hydrogens is 262 g/mol. The average molecular weight is 273 g/mol. The molecular formula is C10H11NO4S2. The van der Waals surface area contributed by atoms with Gasteiger partial charge in [-0.15, -0.1) is 23.7 Å². The maximum Gasteiger partial charge on any atom is 0.345 e. The predicted molar refractivity (Wildman–Crippen MR) is 64.7 cm³/mol. The van der Waals surface area contributed by atoms with Crippen molar-refractivity contribution in [1.82, 2.24) is 4.72 Å². The zero-order chi connectivity index (χ0) is 13.1. The van der Waals surface area contributed by atoms with Crippen LogP contribution < -0.4 is 4.72 Å². The summed E-state index contributed by atoms with van der Waals surface area (Å²) in [5.74, 6) is 1.18. The molecule has 0 aliphatic heterocycles. The summed E-state index contributed by atoms with van der Waals surface area (Å²) >= 11 is 0.930. The molecule has 0 aliphatic carbocycles. The number of carboxylic acids is 1. The van der Waals surface area contributed by atoms with Crippen LogP contribution in [0.25, 0.3) is 0 Å². The van der Waals surface area contributed by atoms with Crippen molar-refractivity contribution in [2.45, 2.75) is 18.2 Å². The first-order valence-corrected chi connectivity index (χ1v) is 6.95. The van der Waals surface area contributed by atoms with E-state index in [1.54, 1.807) is 6.92 Å². The highest BCUT2D eigenvalue weighted by Gasteiger charge is 2.21. The second-order valence-electron chi connectivity index (χ2n) is 3.19. The third-order valence-electron chi connectivity index (χ3n) is 1.93. The van der Waals surface area contributed by atoms with Gasteiger partial charge in [-0.2, -0.15) is 0 Å². The van der Waals surface area contributed by atoms with Gasteiger partial charge in [0.15, 0.2) is 0 Å². The molecule has 0 fully saturated rings. The third-order valence-corrected chi connectivity index (χ3v) is 4.69. The van der Waals surface area contributed by atoms with Gasteiger partial charge in [-0.1, -0.05) is 0 Å². The first-order valence-electron chi connectivity index (χ1n) is 4.65. The Morgan fingerprint density at radius 3 is 2.76 bits per heavy atom. The quantitative estimate of drug-likeness (QED) is 0.620. The fourth-order valence-corrected chi connectivity index (χ4v) is 3.63. The lowest BCUT2D eigenvalue weighted by Crippen LogP contribution is -2.24. The summed E-state index contributed by atoms with van der Waals surface area (Å²) in [4.78, 5) is 11.2. The van der Waals surface area contributed by atoms with E-state index in [-0.39, 0.29) is 22.7 Å². The Morgan fingerprint density at radius 2 is 2.29 bits per heavy atom. The lowest BCUT2D eigenvalue weighted by molar-refractivity contribution is 0.0702. The summed E-state index contributed by atoms with van der Waals surface area (Å²) < 4.78 is 25.9. The van der Waals surface area contributed by atoms with Gasteiger partial charge in [-0.05, 0) is 13.0 Å². The molecule has 0 saturated heterocycles. The summed E-state index contributed by atoms with van der Waals surface area (Å²) in [6.07, 6.45) is 5.30. The van der Waals surface area contributed by atoms with E-state index in [0.717, 1.165) is 17.4 Å². The molecule has 0 spiro atoms. The largest absolute Gasteiger partial charge is 0.477 e. The second kappa shape index (κ2) is 5.31. The van der Waals surface area contributed by atoms with E-state index in [1.807, 2.05) is 0 Å². The van der Waals surface area contributed by atoms with Gasteiger partial charge in [-0.3, -0.25) is 0 Å². The average Bonchev–Trinajstić information content (AvgIpc) is 2.61. The number of thiophene rings is 1. The number of hydrogen-bond acceptors (Lipinski definition) is 4. The number of carbonyl (C=O) groups is 1. The minimum atomic E-state index is -3.67. The Hall–Kier alpha value is -1.36. The maximum absolute atomic E-state index is 11.8. The van der Waals surface area contributed by atoms with E-state index < -0.39 is 16.0 Å². The SMILES string of the molecule is C#CCCNS(=O)(=O)c1cc(C(=O)O)sc1C. The van der Waals surface area contributed by atoms with Crippen molar-refractivity contribution < 1.29 is 18.3 Å². The topological polar surface area (TPSA) is 83.5 Å². The molecule has 0 saturated carbocycles. The van der Waals surface area contributed by atoms with Crippen LogP contribution in [0.5, 0.6) is 0 Å². The summed E-state index contributed by atoms with van der Waals surface area (Å²) in [6, 6.07) is 1.15. The Morgan fingerprint density at radius 1 is 1.65 bits per heavy atom. The van der Waals surface area contributed by atoms with Crippen molar-refractivity contribution in [1.29, 1.82) is 0 Å². The molecule has 2 N–H and O–H groups in total. The van der Waals surface area contributed by atoms with Crippen molar-refractivity contribution in [3.05, 3.63) is 15.8 Å². The minimum Gasteiger partial charge on any atom is -0.477 e. The van der Waals surface area contributed by atoms with Crippen molar-refractivity contribution >= 4 is 27.3 Å². The fraction of sp³-hybridized carbons (Fsp3) is 0.300. The van der Waals surface area contributed by atoms with Crippen molar-refractivity contribution in [3.63, 3.8) is 0 Å². The van der Waals surface area contributed by atoms with Crippen LogP contribution in [-0.4, -0.2) is 26.0 Å². The van der Waals surface area contributed by atoms with E-state index in [9.17, 15) is 13.2 Å². The van der Waals surface area contributed by atoms with Gasteiger partial charge in [0.25, 0.3) is 0 Å². The number of aryl methyl sites for hydroxylation is 1. The highest BCUT2D eigenvalue weighted by Crippen LogP contribution is 2.25. The van der Waals surface area contributed by atoms with E-state index in [2.05, 4.69) is 10.6 Å². The van der Waals surface area contributed by atoms with Crippen molar-refractivity contribution in [3.8, 4) is 12.3 Å². The molecule has 0 atom stereocenters. The van der Waals surface area contributed by atoms with Crippen molar-refractivity contribution in [2.24, 2.45) is 0 Å². The van der Waals surface area contributed by atoms with Crippen LogP contribution >= 0.6 is 11.3 Å². The molecule has 0 amide bonds. The highest BCUT2D eigenvalue weighted by molar-refractivity contribution is 7.89. The summed E-state index contributed by atoms with van der Waals surface area (Å²) in [6.45, 7) is 1.70. The first kappa shape index (κ1) is 13.7. The van der Waals surface area contributed by atoms with Gasteiger partial charge < -0.3 is 5.11 Å². The van der Waals surface area contributed by atoms with Crippen LogP contribution in [0, 0.1) is 19.3 Å². The van der Waals surface area contributed by atoms with Crippen LogP contribution in [0.15, 0.2) is 11.0 Å². The van der Waals surface area contributed by atoms with Gasteiger partial charge in [-0.25, -0.2) is 17.9 Å². The monoisotopic (exact) mass is 273 g/mol. The van der Waals surface area contributed by atoms with Crippen LogP contribution in [0.4, 0.5) is 0 Å². The van der Waals surface area contributed by atoms with Crippen LogP contribution in [0.2, 0.25) is 0 Å². The van der Waals surface area contributed by atoms with Crippen LogP contribution in [0.3, 0.4) is 0 Å². The smallest absolute Gasteiger partial charge is 0.345 e. The van der Waals surface area contributed by atoms with Gasteiger partial charge >= 0.3 is 5.97 Å². The lowest BCUT2D eigenvalue weighted by Gasteiger charge is -2.03. The molecule has 1 rings (SSSR count). The zero-order valence-electron chi connectivity index (χ0n) is 9.06. The molecule has 1 heterocycles. The van der Waals surface area contributed by atoms with E-state index >= 15 is 0 Å². The number of aromatic carboxylic acids is 1. The fourth-order valence-electron chi connectivity index (χ4n) is 1.17. The van der Waals surface area contributed by atoms with Gasteiger partial charge in [0.05, 0.1) is 4.90 Å². The molecule has 0 radical (unpaired) electrons. The van der Waals surface area contributed by atoms with E-state index in [4.69, 9.17) is 11.5 Å². The molecule has 7 heteroatoms. The summed E-state index contributed by atoms with van der Waals surface area (Å²) in [7, 11) is -3.67. The van der Waals surface area contributed by atoms with Gasteiger partial charge in [0.1, 0.15) is 4.88 Å². The minimum absolute atomic E-state index is 0.000162. The Balaban J connectivity index is 2.99. The Bertz CT molecular complexity index is 566. The van der Waals surface area contributed by atoms with Crippen molar-refractivity contribution in [2.75, 3.05) is 6.54 Å². The number of hydrogen-bond donors (Lipinski definition) is 2. The third kappa shape index (κ3) is 3.30. The van der Waals surface area contributed by atoms with Gasteiger partial charge in [0, 0.05) is 17.8 Å². The normalized spacial score (nSPS) is 11.1. The molecule has 0 bridgehead atoms. The molecule has 92 valence electrons. The molecule has 0 unspecified atom stereocenters. The molecule has 0 aliphatic rings. The first-order chi connectivity index (χ1) is 7.88.